The van der Waals surface area contributed by atoms with Crippen molar-refractivity contribution in [2.45, 2.75) is 51.7 Å². The Labute approximate surface area is 113 Å². The number of aliphatic carboxylic acids is 1. The molecule has 0 saturated carbocycles. The second kappa shape index (κ2) is 6.23. The number of nitrogens with one attached hydrogen (secondary N) is 1. The van der Waals surface area contributed by atoms with E-state index >= 15 is 0 Å². The van der Waals surface area contributed by atoms with Gasteiger partial charge in [-0.15, -0.1) is 0 Å². The van der Waals surface area contributed by atoms with Gasteiger partial charge < -0.3 is 20.4 Å². The first-order valence-corrected chi connectivity index (χ1v) is 6.77. The third kappa shape index (κ3) is 4.38. The molecular formula is C13H24N2O4. The number of piperidine rings is 1. The summed E-state index contributed by atoms with van der Waals surface area (Å²) in [5.74, 6) is -1.15. The fraction of sp³-hybridized carbons (Fsp3) is 0.846. The molecule has 1 saturated heterocycles. The Hall–Kier alpha value is -1.30. The minimum Gasteiger partial charge on any atom is -0.480 e. The smallest absolute Gasteiger partial charge is 0.326 e. The van der Waals surface area contributed by atoms with Gasteiger partial charge in [-0.3, -0.25) is 0 Å². The standard InChI is InChI=1S/C13H24N2O4/c1-4-9(2)10(11(16)17)14-12(18)15-7-5-6-13(3,19)8-15/h9-10,19H,4-8H2,1-3H3,(H,14,18)(H,16,17). The van der Waals surface area contributed by atoms with E-state index in [2.05, 4.69) is 5.32 Å². The maximum absolute atomic E-state index is 12.1. The summed E-state index contributed by atoms with van der Waals surface area (Å²) >= 11 is 0. The molecule has 6 heteroatoms. The quantitative estimate of drug-likeness (QED) is 0.713. The summed E-state index contributed by atoms with van der Waals surface area (Å²) in [5.41, 5.74) is -0.884. The highest BCUT2D eigenvalue weighted by molar-refractivity contribution is 5.82. The molecule has 1 fully saturated rings. The number of hydrogen-bond donors (Lipinski definition) is 3. The van der Waals surface area contributed by atoms with Gasteiger partial charge in [0.2, 0.25) is 0 Å². The molecule has 0 bridgehead atoms. The van der Waals surface area contributed by atoms with Crippen molar-refractivity contribution in [3.63, 3.8) is 0 Å². The summed E-state index contributed by atoms with van der Waals surface area (Å²) < 4.78 is 0. The monoisotopic (exact) mass is 272 g/mol. The van der Waals surface area contributed by atoms with E-state index in [1.807, 2.05) is 6.92 Å². The predicted molar refractivity (Wildman–Crippen MR) is 70.8 cm³/mol. The summed E-state index contributed by atoms with van der Waals surface area (Å²) in [4.78, 5) is 24.7. The zero-order valence-electron chi connectivity index (χ0n) is 11.8. The number of carboxylic acids is 1. The van der Waals surface area contributed by atoms with Crippen LogP contribution in [0.15, 0.2) is 0 Å². The van der Waals surface area contributed by atoms with Crippen molar-refractivity contribution in [2.75, 3.05) is 13.1 Å². The maximum Gasteiger partial charge on any atom is 0.326 e. The van der Waals surface area contributed by atoms with Crippen molar-refractivity contribution < 1.29 is 19.8 Å². The van der Waals surface area contributed by atoms with Gasteiger partial charge in [0.05, 0.1) is 12.1 Å². The minimum absolute atomic E-state index is 0.133. The molecule has 3 unspecified atom stereocenters. The molecule has 1 aliphatic heterocycles. The Bertz CT molecular complexity index is 344. The SMILES string of the molecule is CCC(C)C(NC(=O)N1CCCC(C)(O)C1)C(=O)O. The van der Waals surface area contributed by atoms with Crippen molar-refractivity contribution >= 4 is 12.0 Å². The lowest BCUT2D eigenvalue weighted by Gasteiger charge is -2.37. The van der Waals surface area contributed by atoms with Gasteiger partial charge in [0.15, 0.2) is 0 Å². The van der Waals surface area contributed by atoms with Crippen LogP contribution in [0.3, 0.4) is 0 Å². The lowest BCUT2D eigenvalue weighted by atomic mass is 9.95. The molecule has 6 nitrogen and oxygen atoms in total. The Morgan fingerprint density at radius 1 is 1.47 bits per heavy atom. The van der Waals surface area contributed by atoms with Gasteiger partial charge in [-0.1, -0.05) is 20.3 Å². The van der Waals surface area contributed by atoms with Gasteiger partial charge in [0, 0.05) is 6.54 Å². The van der Waals surface area contributed by atoms with E-state index in [1.165, 1.54) is 4.90 Å². The predicted octanol–water partition coefficient (Wildman–Crippen LogP) is 1.04. The largest absolute Gasteiger partial charge is 0.480 e. The molecule has 0 aromatic heterocycles. The number of amides is 2. The molecule has 1 aliphatic rings. The number of rotatable bonds is 4. The number of carbonyl (C=O) groups is 2. The Kier molecular flexibility index (Phi) is 5.17. The van der Waals surface area contributed by atoms with Crippen molar-refractivity contribution in [1.82, 2.24) is 10.2 Å². The molecule has 3 N–H and O–H groups in total. The molecule has 19 heavy (non-hydrogen) atoms. The fourth-order valence-electron chi connectivity index (χ4n) is 2.30. The zero-order chi connectivity index (χ0) is 14.6. The lowest BCUT2D eigenvalue weighted by Crippen LogP contribution is -2.55. The van der Waals surface area contributed by atoms with Crippen molar-refractivity contribution in [1.29, 1.82) is 0 Å². The molecule has 0 aromatic rings. The molecule has 2 amide bonds. The highest BCUT2D eigenvalue weighted by Crippen LogP contribution is 2.20. The van der Waals surface area contributed by atoms with Crippen LogP contribution in [0.1, 0.15) is 40.0 Å². The van der Waals surface area contributed by atoms with Crippen LogP contribution in [0.2, 0.25) is 0 Å². The van der Waals surface area contributed by atoms with Crippen LogP contribution >= 0.6 is 0 Å². The normalized spacial score (nSPS) is 26.6. The van der Waals surface area contributed by atoms with Crippen LogP contribution in [-0.2, 0) is 4.79 Å². The number of urea groups is 1. The van der Waals surface area contributed by atoms with E-state index in [1.54, 1.807) is 13.8 Å². The second-order valence-electron chi connectivity index (χ2n) is 5.67. The lowest BCUT2D eigenvalue weighted by molar-refractivity contribution is -0.140. The number of carboxylic acid groups (broad SMARTS) is 1. The number of carbonyl (C=O) groups excluding carboxylic acids is 1. The first kappa shape index (κ1) is 15.8. The average Bonchev–Trinajstić information content (AvgIpc) is 2.33. The van der Waals surface area contributed by atoms with Crippen LogP contribution in [0, 0.1) is 5.92 Å². The van der Waals surface area contributed by atoms with Crippen molar-refractivity contribution in [2.24, 2.45) is 5.92 Å². The van der Waals surface area contributed by atoms with E-state index in [0.717, 1.165) is 6.42 Å². The van der Waals surface area contributed by atoms with Gasteiger partial charge >= 0.3 is 12.0 Å². The third-order valence-corrected chi connectivity index (χ3v) is 3.72. The van der Waals surface area contributed by atoms with Gasteiger partial charge in [-0.2, -0.15) is 0 Å². The van der Waals surface area contributed by atoms with E-state index in [-0.39, 0.29) is 12.5 Å². The van der Waals surface area contributed by atoms with Crippen LogP contribution in [0.4, 0.5) is 4.79 Å². The molecule has 0 radical (unpaired) electrons. The second-order valence-corrected chi connectivity index (χ2v) is 5.67. The van der Waals surface area contributed by atoms with Crippen LogP contribution < -0.4 is 5.32 Å². The molecule has 110 valence electrons. The van der Waals surface area contributed by atoms with Gasteiger partial charge in [0.25, 0.3) is 0 Å². The Morgan fingerprint density at radius 2 is 2.11 bits per heavy atom. The number of aliphatic hydroxyl groups is 1. The third-order valence-electron chi connectivity index (χ3n) is 3.72. The van der Waals surface area contributed by atoms with Crippen molar-refractivity contribution in [3.05, 3.63) is 0 Å². The van der Waals surface area contributed by atoms with Gasteiger partial charge in [-0.05, 0) is 25.7 Å². The molecule has 1 rings (SSSR count). The molecule has 0 spiro atoms. The van der Waals surface area contributed by atoms with E-state index in [4.69, 9.17) is 5.11 Å². The summed E-state index contributed by atoms with van der Waals surface area (Å²) in [5, 5.41) is 21.6. The van der Waals surface area contributed by atoms with E-state index in [9.17, 15) is 14.7 Å². The number of nitrogens with zero attached hydrogens (tertiary/aromatic N) is 1. The maximum atomic E-state index is 12.1. The fourth-order valence-corrected chi connectivity index (χ4v) is 2.30. The van der Waals surface area contributed by atoms with Gasteiger partial charge in [-0.25, -0.2) is 9.59 Å². The summed E-state index contributed by atoms with van der Waals surface area (Å²) in [6.45, 7) is 6.17. The average molecular weight is 272 g/mol. The molecule has 3 atom stereocenters. The number of hydrogen-bond acceptors (Lipinski definition) is 3. The van der Waals surface area contributed by atoms with E-state index < -0.39 is 23.6 Å². The van der Waals surface area contributed by atoms with Crippen LogP contribution in [0.5, 0.6) is 0 Å². The zero-order valence-corrected chi connectivity index (χ0v) is 11.8. The first-order valence-electron chi connectivity index (χ1n) is 6.77. The molecule has 0 aromatic carbocycles. The highest BCUT2D eigenvalue weighted by atomic mass is 16.4. The molecule has 1 heterocycles. The molecular weight excluding hydrogens is 248 g/mol. The number of likely N-dealkylation sites (tertiary alicyclic amines) is 1. The first-order chi connectivity index (χ1) is 8.76. The summed E-state index contributed by atoms with van der Waals surface area (Å²) in [6, 6.07) is -1.29. The topological polar surface area (TPSA) is 89.9 Å². The van der Waals surface area contributed by atoms with Crippen molar-refractivity contribution in [3.8, 4) is 0 Å². The summed E-state index contributed by atoms with van der Waals surface area (Å²) in [7, 11) is 0. The van der Waals surface area contributed by atoms with E-state index in [0.29, 0.717) is 19.4 Å². The highest BCUT2D eigenvalue weighted by Gasteiger charge is 2.33. The summed E-state index contributed by atoms with van der Waals surface area (Å²) in [6.07, 6.45) is 2.06. The molecule has 0 aliphatic carbocycles. The number of β-amino-alcohol motifs (C(OH)–C–C–N with tert-alkyl or cyclic N) is 1. The Morgan fingerprint density at radius 3 is 2.58 bits per heavy atom. The Balaban J connectivity index is 2.64. The minimum atomic E-state index is -1.02. The van der Waals surface area contributed by atoms with Crippen LogP contribution in [0.25, 0.3) is 0 Å². The van der Waals surface area contributed by atoms with Gasteiger partial charge in [0.1, 0.15) is 6.04 Å². The van der Waals surface area contributed by atoms with Crippen LogP contribution in [-0.4, -0.2) is 51.8 Å².